The number of hydrogen-bond donors (Lipinski definition) is 1. The second-order valence-electron chi connectivity index (χ2n) is 6.59. The number of aliphatic hydroxyl groups is 1. The van der Waals surface area contributed by atoms with Gasteiger partial charge in [0.05, 0.1) is 11.7 Å². The minimum Gasteiger partial charge on any atom is -0.390 e. The molecule has 128 valence electrons. The van der Waals surface area contributed by atoms with Crippen molar-refractivity contribution in [2.24, 2.45) is 0 Å². The van der Waals surface area contributed by atoms with E-state index in [0.29, 0.717) is 26.1 Å². The van der Waals surface area contributed by atoms with E-state index in [0.717, 1.165) is 44.5 Å². The average Bonchev–Trinajstić information content (AvgIpc) is 3.04. The van der Waals surface area contributed by atoms with Crippen LogP contribution >= 0.6 is 0 Å². The van der Waals surface area contributed by atoms with E-state index in [1.807, 2.05) is 11.1 Å². The molecule has 2 aliphatic heterocycles. The van der Waals surface area contributed by atoms with E-state index < -0.39 is 5.60 Å². The van der Waals surface area contributed by atoms with Gasteiger partial charge in [0, 0.05) is 51.5 Å². The largest absolute Gasteiger partial charge is 0.390 e. The van der Waals surface area contributed by atoms with Gasteiger partial charge in [-0.25, -0.2) is 4.98 Å². The maximum absolute atomic E-state index is 12.4. The number of likely N-dealkylation sites (tertiary alicyclic amines) is 1. The fourth-order valence-electron chi connectivity index (χ4n) is 3.76. The number of aryl methyl sites for hydroxylation is 2. The normalized spacial score (nSPS) is 24.1. The summed E-state index contributed by atoms with van der Waals surface area (Å²) < 4.78 is 7.95. The molecule has 0 aromatic carbocycles. The smallest absolute Gasteiger partial charge is 0.224 e. The van der Waals surface area contributed by atoms with E-state index in [9.17, 15) is 9.90 Å². The van der Waals surface area contributed by atoms with Crippen LogP contribution in [0, 0.1) is 0 Å². The summed E-state index contributed by atoms with van der Waals surface area (Å²) in [5, 5.41) is 10.3. The van der Waals surface area contributed by atoms with Crippen molar-refractivity contribution in [3.05, 3.63) is 18.2 Å². The Hall–Kier alpha value is -1.40. The summed E-state index contributed by atoms with van der Waals surface area (Å²) in [6, 6.07) is 0. The second-order valence-corrected chi connectivity index (χ2v) is 6.59. The molecule has 1 amide bonds. The Bertz CT molecular complexity index is 535. The first-order valence-electron chi connectivity index (χ1n) is 8.74. The number of piperidine rings is 1. The molecule has 3 rings (SSSR count). The van der Waals surface area contributed by atoms with E-state index in [2.05, 4.69) is 16.5 Å². The summed E-state index contributed by atoms with van der Waals surface area (Å²) in [7, 11) is 0. The first kappa shape index (κ1) is 16.5. The highest BCUT2D eigenvalue weighted by Crippen LogP contribution is 2.35. The summed E-state index contributed by atoms with van der Waals surface area (Å²) in [6.07, 6.45) is 7.94. The van der Waals surface area contributed by atoms with Crippen LogP contribution in [0.4, 0.5) is 0 Å². The van der Waals surface area contributed by atoms with Gasteiger partial charge in [0.25, 0.3) is 0 Å². The number of imidazole rings is 1. The third-order valence-electron chi connectivity index (χ3n) is 5.27. The number of rotatable bonds is 4. The highest BCUT2D eigenvalue weighted by Gasteiger charge is 2.44. The van der Waals surface area contributed by atoms with Crippen molar-refractivity contribution in [3.8, 4) is 0 Å². The zero-order valence-corrected chi connectivity index (χ0v) is 13.9. The van der Waals surface area contributed by atoms with Crippen LogP contribution in [0.25, 0.3) is 0 Å². The Morgan fingerprint density at radius 1 is 1.48 bits per heavy atom. The second kappa shape index (κ2) is 7.01. The highest BCUT2D eigenvalue weighted by molar-refractivity contribution is 5.76. The minimum absolute atomic E-state index is 0.181. The van der Waals surface area contributed by atoms with Gasteiger partial charge in [-0.1, -0.05) is 6.92 Å². The van der Waals surface area contributed by atoms with Crippen molar-refractivity contribution in [1.82, 2.24) is 14.5 Å². The molecule has 1 aromatic heterocycles. The summed E-state index contributed by atoms with van der Waals surface area (Å²) in [5.41, 5.74) is -0.408. The first-order valence-corrected chi connectivity index (χ1v) is 8.74. The quantitative estimate of drug-likeness (QED) is 0.909. The van der Waals surface area contributed by atoms with Crippen molar-refractivity contribution >= 4 is 5.91 Å². The Morgan fingerprint density at radius 3 is 2.96 bits per heavy atom. The van der Waals surface area contributed by atoms with Gasteiger partial charge >= 0.3 is 0 Å². The first-order chi connectivity index (χ1) is 11.1. The van der Waals surface area contributed by atoms with Gasteiger partial charge in [-0.3, -0.25) is 4.79 Å². The number of nitrogens with zero attached hydrogens (tertiary/aromatic N) is 3. The molecule has 0 radical (unpaired) electrons. The molecule has 2 aliphatic rings. The molecule has 23 heavy (non-hydrogen) atoms. The Morgan fingerprint density at radius 2 is 2.26 bits per heavy atom. The number of hydrogen-bond acceptors (Lipinski definition) is 4. The highest BCUT2D eigenvalue weighted by atomic mass is 16.5. The molecule has 6 nitrogen and oxygen atoms in total. The SMILES string of the molecule is CCc1nccn1CCC(=O)N1CCC2(CC1)OCCC[C@@H]2O. The molecular weight excluding hydrogens is 294 g/mol. The van der Waals surface area contributed by atoms with Gasteiger partial charge in [0.2, 0.25) is 5.91 Å². The monoisotopic (exact) mass is 321 g/mol. The minimum atomic E-state index is -0.408. The standard InChI is InChI=1S/C17H27N3O3/c1-2-15-18-8-12-19(15)9-5-16(22)20-10-6-17(7-11-20)14(21)4-3-13-23-17/h8,12,14,21H,2-7,9-11,13H2,1H3/t14-/m0/s1. The average molecular weight is 321 g/mol. The van der Waals surface area contributed by atoms with Gasteiger partial charge in [0.15, 0.2) is 0 Å². The van der Waals surface area contributed by atoms with E-state index in [-0.39, 0.29) is 12.0 Å². The number of carbonyl (C=O) groups excluding carboxylic acids is 1. The van der Waals surface area contributed by atoms with Crippen molar-refractivity contribution < 1.29 is 14.6 Å². The van der Waals surface area contributed by atoms with E-state index >= 15 is 0 Å². The number of amides is 1. The fourth-order valence-corrected chi connectivity index (χ4v) is 3.76. The lowest BCUT2D eigenvalue weighted by Gasteiger charge is -2.46. The summed E-state index contributed by atoms with van der Waals surface area (Å²) in [5.74, 6) is 1.20. The van der Waals surface area contributed by atoms with Crippen molar-refractivity contribution in [1.29, 1.82) is 0 Å². The lowest BCUT2D eigenvalue weighted by atomic mass is 9.82. The van der Waals surface area contributed by atoms with Crippen LogP contribution in [0.1, 0.15) is 44.9 Å². The molecular formula is C17H27N3O3. The molecule has 1 atom stereocenters. The van der Waals surface area contributed by atoms with Gasteiger partial charge in [-0.15, -0.1) is 0 Å². The Kier molecular flexibility index (Phi) is 5.02. The topological polar surface area (TPSA) is 67.6 Å². The lowest BCUT2D eigenvalue weighted by Crippen LogP contribution is -2.56. The maximum Gasteiger partial charge on any atom is 0.224 e. The summed E-state index contributed by atoms with van der Waals surface area (Å²) in [6.45, 7) is 4.84. The summed E-state index contributed by atoms with van der Waals surface area (Å²) in [4.78, 5) is 18.6. The maximum atomic E-state index is 12.4. The van der Waals surface area contributed by atoms with Crippen LogP contribution in [-0.2, 0) is 22.5 Å². The van der Waals surface area contributed by atoms with E-state index in [1.165, 1.54) is 0 Å². The van der Waals surface area contributed by atoms with Gasteiger partial charge in [-0.05, 0) is 25.7 Å². The molecule has 0 bridgehead atoms. The van der Waals surface area contributed by atoms with Gasteiger partial charge < -0.3 is 19.3 Å². The molecule has 3 heterocycles. The number of ether oxygens (including phenoxy) is 1. The fraction of sp³-hybridized carbons (Fsp3) is 0.765. The zero-order chi connectivity index (χ0) is 16.3. The molecule has 0 unspecified atom stereocenters. The van der Waals surface area contributed by atoms with Crippen molar-refractivity contribution in [2.75, 3.05) is 19.7 Å². The summed E-state index contributed by atoms with van der Waals surface area (Å²) >= 11 is 0. The molecule has 2 fully saturated rings. The van der Waals surface area contributed by atoms with Crippen LogP contribution in [-0.4, -0.2) is 56.9 Å². The van der Waals surface area contributed by atoms with E-state index in [4.69, 9.17) is 4.74 Å². The van der Waals surface area contributed by atoms with Crippen LogP contribution < -0.4 is 0 Å². The molecule has 1 N–H and O–H groups in total. The van der Waals surface area contributed by atoms with Crippen LogP contribution in [0.15, 0.2) is 12.4 Å². The van der Waals surface area contributed by atoms with Gasteiger partial charge in [-0.2, -0.15) is 0 Å². The predicted octanol–water partition coefficient (Wildman–Crippen LogP) is 1.37. The molecule has 0 aliphatic carbocycles. The van der Waals surface area contributed by atoms with Crippen molar-refractivity contribution in [3.63, 3.8) is 0 Å². The third kappa shape index (κ3) is 3.43. The number of aliphatic hydroxyl groups excluding tert-OH is 1. The molecule has 2 saturated heterocycles. The number of carbonyl (C=O) groups is 1. The molecule has 1 spiro atoms. The van der Waals surface area contributed by atoms with Crippen molar-refractivity contribution in [2.45, 2.75) is 63.7 Å². The van der Waals surface area contributed by atoms with Crippen LogP contribution in [0.3, 0.4) is 0 Å². The predicted molar refractivity (Wildman–Crippen MR) is 86.0 cm³/mol. The Balaban J connectivity index is 1.50. The van der Waals surface area contributed by atoms with Gasteiger partial charge in [0.1, 0.15) is 5.82 Å². The third-order valence-corrected chi connectivity index (χ3v) is 5.27. The molecule has 0 saturated carbocycles. The molecule has 6 heteroatoms. The Labute approximate surface area is 137 Å². The zero-order valence-electron chi connectivity index (χ0n) is 13.9. The number of aromatic nitrogens is 2. The lowest BCUT2D eigenvalue weighted by molar-refractivity contribution is -0.179. The van der Waals surface area contributed by atoms with Crippen LogP contribution in [0.2, 0.25) is 0 Å². The van der Waals surface area contributed by atoms with Crippen LogP contribution in [0.5, 0.6) is 0 Å². The molecule has 1 aromatic rings. The van der Waals surface area contributed by atoms with E-state index in [1.54, 1.807) is 6.20 Å².